The maximum atomic E-state index is 5.90. The summed E-state index contributed by atoms with van der Waals surface area (Å²) in [6, 6.07) is 4.13. The SMILES string of the molecule is CCSC(SCC)c1ccc(Cl)s1. The van der Waals surface area contributed by atoms with Gasteiger partial charge in [0.2, 0.25) is 0 Å². The van der Waals surface area contributed by atoms with Crippen molar-refractivity contribution < 1.29 is 0 Å². The maximum Gasteiger partial charge on any atom is 0.0931 e. The summed E-state index contributed by atoms with van der Waals surface area (Å²) in [7, 11) is 0. The smallest absolute Gasteiger partial charge is 0.0931 e. The molecule has 0 N–H and O–H groups in total. The van der Waals surface area contributed by atoms with E-state index < -0.39 is 0 Å². The van der Waals surface area contributed by atoms with Crippen molar-refractivity contribution in [2.24, 2.45) is 0 Å². The number of thiophene rings is 1. The van der Waals surface area contributed by atoms with E-state index in [4.69, 9.17) is 11.6 Å². The van der Waals surface area contributed by atoms with Crippen LogP contribution in [0.3, 0.4) is 0 Å². The summed E-state index contributed by atoms with van der Waals surface area (Å²) in [5.74, 6) is 2.32. The topological polar surface area (TPSA) is 0 Å². The molecule has 13 heavy (non-hydrogen) atoms. The Morgan fingerprint density at radius 3 is 2.31 bits per heavy atom. The van der Waals surface area contributed by atoms with Gasteiger partial charge in [-0.15, -0.1) is 34.9 Å². The highest BCUT2D eigenvalue weighted by atomic mass is 35.5. The minimum atomic E-state index is 0.576. The zero-order valence-corrected chi connectivity index (χ0v) is 11.0. The van der Waals surface area contributed by atoms with E-state index in [0.717, 1.165) is 15.8 Å². The molecule has 1 rings (SSSR count). The van der Waals surface area contributed by atoms with E-state index in [1.165, 1.54) is 4.88 Å². The number of hydrogen-bond acceptors (Lipinski definition) is 3. The molecule has 0 spiro atoms. The Balaban J connectivity index is 2.63. The fourth-order valence-electron chi connectivity index (χ4n) is 0.970. The van der Waals surface area contributed by atoms with E-state index in [1.54, 1.807) is 11.3 Å². The first kappa shape index (κ1) is 11.8. The maximum absolute atomic E-state index is 5.90. The van der Waals surface area contributed by atoms with Crippen LogP contribution in [0.2, 0.25) is 4.34 Å². The predicted molar refractivity (Wildman–Crippen MR) is 68.3 cm³/mol. The van der Waals surface area contributed by atoms with Crippen molar-refractivity contribution in [3.05, 3.63) is 21.3 Å². The van der Waals surface area contributed by atoms with Gasteiger partial charge in [0.05, 0.1) is 8.92 Å². The highest BCUT2D eigenvalue weighted by Crippen LogP contribution is 2.42. The number of thioether (sulfide) groups is 2. The van der Waals surface area contributed by atoms with Gasteiger partial charge < -0.3 is 0 Å². The minimum Gasteiger partial charge on any atom is -0.142 e. The zero-order valence-electron chi connectivity index (χ0n) is 7.75. The summed E-state index contributed by atoms with van der Waals surface area (Å²) in [6.45, 7) is 4.40. The average Bonchev–Trinajstić information content (AvgIpc) is 2.51. The minimum absolute atomic E-state index is 0.576. The van der Waals surface area contributed by atoms with Gasteiger partial charge in [-0.05, 0) is 23.6 Å². The lowest BCUT2D eigenvalue weighted by Crippen LogP contribution is -1.86. The van der Waals surface area contributed by atoms with E-state index in [-0.39, 0.29) is 0 Å². The Labute approximate surface area is 97.4 Å². The third kappa shape index (κ3) is 3.74. The van der Waals surface area contributed by atoms with E-state index in [2.05, 4.69) is 19.9 Å². The molecule has 4 heteroatoms. The van der Waals surface area contributed by atoms with Crippen molar-refractivity contribution in [1.29, 1.82) is 0 Å². The van der Waals surface area contributed by atoms with Crippen molar-refractivity contribution in [2.45, 2.75) is 18.4 Å². The van der Waals surface area contributed by atoms with Crippen LogP contribution in [0.1, 0.15) is 23.3 Å². The van der Waals surface area contributed by atoms with E-state index in [1.807, 2.05) is 29.6 Å². The van der Waals surface area contributed by atoms with Gasteiger partial charge in [-0.2, -0.15) is 0 Å². The lowest BCUT2D eigenvalue weighted by molar-refractivity contribution is 1.41. The lowest BCUT2D eigenvalue weighted by Gasteiger charge is -2.11. The fraction of sp³-hybridized carbons (Fsp3) is 0.556. The Morgan fingerprint density at radius 1 is 1.31 bits per heavy atom. The fourth-order valence-corrected chi connectivity index (χ4v) is 4.88. The highest BCUT2D eigenvalue weighted by molar-refractivity contribution is 8.16. The summed E-state index contributed by atoms with van der Waals surface area (Å²) in [6.07, 6.45) is 0. The molecule has 74 valence electrons. The summed E-state index contributed by atoms with van der Waals surface area (Å²) in [5, 5.41) is 0. The predicted octanol–water partition coefficient (Wildman–Crippen LogP) is 4.91. The van der Waals surface area contributed by atoms with Crippen LogP contribution in [0.25, 0.3) is 0 Å². The molecule has 1 aromatic rings. The molecule has 0 amide bonds. The van der Waals surface area contributed by atoms with Gasteiger partial charge in [-0.3, -0.25) is 0 Å². The summed E-state index contributed by atoms with van der Waals surface area (Å²) in [4.78, 5) is 1.39. The molecule has 0 saturated carbocycles. The lowest BCUT2D eigenvalue weighted by atomic mass is 10.5. The van der Waals surface area contributed by atoms with Gasteiger partial charge in [-0.25, -0.2) is 0 Å². The first-order valence-electron chi connectivity index (χ1n) is 4.26. The second-order valence-electron chi connectivity index (χ2n) is 2.38. The highest BCUT2D eigenvalue weighted by Gasteiger charge is 2.12. The Hall–Kier alpha value is 0.690. The van der Waals surface area contributed by atoms with Gasteiger partial charge in [0.25, 0.3) is 0 Å². The molecule has 0 nitrogen and oxygen atoms in total. The molecule has 0 bridgehead atoms. The van der Waals surface area contributed by atoms with Crippen LogP contribution >= 0.6 is 46.5 Å². The van der Waals surface area contributed by atoms with Gasteiger partial charge in [0, 0.05) is 4.88 Å². The number of hydrogen-bond donors (Lipinski definition) is 0. The Morgan fingerprint density at radius 2 is 1.92 bits per heavy atom. The molecule has 0 aliphatic heterocycles. The second-order valence-corrected chi connectivity index (χ2v) is 7.19. The molecule has 0 radical (unpaired) electrons. The molecule has 1 aromatic heterocycles. The third-order valence-corrected chi connectivity index (χ3v) is 5.65. The monoisotopic (exact) mass is 252 g/mol. The molecule has 0 unspecified atom stereocenters. The van der Waals surface area contributed by atoms with Crippen molar-refractivity contribution in [2.75, 3.05) is 11.5 Å². The van der Waals surface area contributed by atoms with Gasteiger partial charge >= 0.3 is 0 Å². The number of halogens is 1. The summed E-state index contributed by atoms with van der Waals surface area (Å²) >= 11 is 11.6. The van der Waals surface area contributed by atoms with Crippen molar-refractivity contribution in [1.82, 2.24) is 0 Å². The molecule has 0 fully saturated rings. The van der Waals surface area contributed by atoms with Crippen LogP contribution in [0.4, 0.5) is 0 Å². The third-order valence-electron chi connectivity index (χ3n) is 1.46. The molecule has 0 aliphatic carbocycles. The van der Waals surface area contributed by atoms with Gasteiger partial charge in [-0.1, -0.05) is 25.4 Å². The zero-order chi connectivity index (χ0) is 9.68. The van der Waals surface area contributed by atoms with Crippen molar-refractivity contribution in [3.63, 3.8) is 0 Å². The van der Waals surface area contributed by atoms with Crippen LogP contribution in [-0.4, -0.2) is 11.5 Å². The molecule has 0 saturated heterocycles. The molecular weight excluding hydrogens is 240 g/mol. The molecular formula is C9H13ClS3. The van der Waals surface area contributed by atoms with Gasteiger partial charge in [0.1, 0.15) is 0 Å². The summed E-state index contributed by atoms with van der Waals surface area (Å²) < 4.78 is 1.47. The normalized spacial score (nSPS) is 11.1. The number of rotatable bonds is 5. The average molecular weight is 253 g/mol. The van der Waals surface area contributed by atoms with Crippen LogP contribution in [0, 0.1) is 0 Å². The molecule has 0 aromatic carbocycles. The van der Waals surface area contributed by atoms with Crippen LogP contribution in [-0.2, 0) is 0 Å². The first-order chi connectivity index (χ1) is 6.27. The van der Waals surface area contributed by atoms with Gasteiger partial charge in [0.15, 0.2) is 0 Å². The standard InChI is InChI=1S/C9H13ClS3/c1-3-11-9(12-4-2)7-5-6-8(10)13-7/h5-6,9H,3-4H2,1-2H3. The quantitative estimate of drug-likeness (QED) is 0.684. The van der Waals surface area contributed by atoms with Crippen molar-refractivity contribution in [3.8, 4) is 0 Å². The van der Waals surface area contributed by atoms with Crippen LogP contribution in [0.5, 0.6) is 0 Å². The van der Waals surface area contributed by atoms with E-state index in [0.29, 0.717) is 4.58 Å². The van der Waals surface area contributed by atoms with Crippen molar-refractivity contribution >= 4 is 46.5 Å². The Bertz CT molecular complexity index is 241. The molecule has 0 atom stereocenters. The molecule has 1 heterocycles. The summed E-state index contributed by atoms with van der Waals surface area (Å²) in [5.41, 5.74) is 0. The Kier molecular flexibility index (Phi) is 5.63. The second kappa shape index (κ2) is 6.23. The first-order valence-corrected chi connectivity index (χ1v) is 7.55. The van der Waals surface area contributed by atoms with Crippen LogP contribution in [0.15, 0.2) is 12.1 Å². The van der Waals surface area contributed by atoms with Crippen LogP contribution < -0.4 is 0 Å². The largest absolute Gasteiger partial charge is 0.142 e. The van der Waals surface area contributed by atoms with E-state index in [9.17, 15) is 0 Å². The molecule has 0 aliphatic rings. The van der Waals surface area contributed by atoms with E-state index >= 15 is 0 Å².